The third-order valence-electron chi connectivity index (χ3n) is 2.28. The molecule has 0 aliphatic carbocycles. The van der Waals surface area contributed by atoms with Gasteiger partial charge < -0.3 is 14.6 Å². The molecule has 14 heavy (non-hydrogen) atoms. The van der Waals surface area contributed by atoms with Gasteiger partial charge in [0.15, 0.2) is 0 Å². The summed E-state index contributed by atoms with van der Waals surface area (Å²) in [6.07, 6.45) is 0.379. The second-order valence-electron chi connectivity index (χ2n) is 4.70. The lowest BCUT2D eigenvalue weighted by Crippen LogP contribution is -2.41. The quantitative estimate of drug-likeness (QED) is 0.689. The highest BCUT2D eigenvalue weighted by molar-refractivity contribution is 4.75. The van der Waals surface area contributed by atoms with Gasteiger partial charge in [0.05, 0.1) is 11.7 Å². The van der Waals surface area contributed by atoms with Crippen LogP contribution in [0.2, 0.25) is 0 Å². The van der Waals surface area contributed by atoms with Gasteiger partial charge in [-0.05, 0) is 27.2 Å². The van der Waals surface area contributed by atoms with Crippen LogP contribution in [0.1, 0.15) is 27.2 Å². The number of methoxy groups -OCH3 is 1. The Balaban J connectivity index is 2.35. The van der Waals surface area contributed by atoms with Gasteiger partial charge in [0.25, 0.3) is 0 Å². The summed E-state index contributed by atoms with van der Waals surface area (Å²) in [4.78, 5) is 1.89. The lowest BCUT2D eigenvalue weighted by atomic mass is 10.2. The zero-order chi connectivity index (χ0) is 10.8. The van der Waals surface area contributed by atoms with Crippen molar-refractivity contribution in [2.45, 2.75) is 45.3 Å². The second kappa shape index (κ2) is 4.57. The molecule has 1 saturated heterocycles. The van der Waals surface area contributed by atoms with E-state index in [0.717, 1.165) is 19.5 Å². The van der Waals surface area contributed by atoms with Gasteiger partial charge in [-0.15, -0.1) is 0 Å². The maximum absolute atomic E-state index is 9.75. The van der Waals surface area contributed by atoms with Crippen LogP contribution < -0.4 is 0 Å². The van der Waals surface area contributed by atoms with Gasteiger partial charge in [0.1, 0.15) is 0 Å². The van der Waals surface area contributed by atoms with Crippen LogP contribution in [0.3, 0.4) is 0 Å². The molecule has 4 heteroatoms. The molecule has 1 heterocycles. The Kier molecular flexibility index (Phi) is 3.89. The first-order chi connectivity index (χ1) is 6.42. The van der Waals surface area contributed by atoms with E-state index < -0.39 is 6.41 Å². The highest BCUT2D eigenvalue weighted by Gasteiger charge is 2.29. The Bertz CT molecular complexity index is 179. The fourth-order valence-corrected chi connectivity index (χ4v) is 1.54. The molecule has 4 nitrogen and oxygen atoms in total. The highest BCUT2D eigenvalue weighted by atomic mass is 16.6. The smallest absolute Gasteiger partial charge is 0.216 e. The summed E-state index contributed by atoms with van der Waals surface area (Å²) < 4.78 is 10.7. The van der Waals surface area contributed by atoms with Gasteiger partial charge in [-0.3, -0.25) is 4.90 Å². The maximum atomic E-state index is 9.75. The molecule has 1 aliphatic rings. The second-order valence-corrected chi connectivity index (χ2v) is 4.70. The first-order valence-corrected chi connectivity index (χ1v) is 5.05. The van der Waals surface area contributed by atoms with Crippen molar-refractivity contribution < 1.29 is 14.6 Å². The summed E-state index contributed by atoms with van der Waals surface area (Å²) in [6.45, 7) is 7.36. The molecule has 0 radical (unpaired) electrons. The monoisotopic (exact) mass is 203 g/mol. The first-order valence-electron chi connectivity index (χ1n) is 5.05. The average molecular weight is 203 g/mol. The Morgan fingerprint density at radius 1 is 1.43 bits per heavy atom. The molecule has 0 amide bonds. The Morgan fingerprint density at radius 2 is 2.07 bits per heavy atom. The molecule has 0 aromatic carbocycles. The van der Waals surface area contributed by atoms with E-state index in [-0.39, 0.29) is 11.7 Å². The topological polar surface area (TPSA) is 41.9 Å². The van der Waals surface area contributed by atoms with Gasteiger partial charge in [-0.25, -0.2) is 0 Å². The van der Waals surface area contributed by atoms with Gasteiger partial charge in [0.2, 0.25) is 6.41 Å². The summed E-state index contributed by atoms with van der Waals surface area (Å²) in [5.74, 6) is 0. The van der Waals surface area contributed by atoms with Crippen LogP contribution in [0.4, 0.5) is 0 Å². The van der Waals surface area contributed by atoms with Gasteiger partial charge >= 0.3 is 0 Å². The summed E-state index contributed by atoms with van der Waals surface area (Å²) >= 11 is 0. The van der Waals surface area contributed by atoms with Crippen molar-refractivity contribution in [3.63, 3.8) is 0 Å². The molecular formula is C10H21NO3. The minimum Gasteiger partial charge on any atom is -0.380 e. The lowest BCUT2D eigenvalue weighted by molar-refractivity contribution is -0.235. The van der Waals surface area contributed by atoms with Crippen molar-refractivity contribution in [1.29, 1.82) is 0 Å². The molecule has 1 rings (SSSR count). The Hall–Kier alpha value is -0.160. The molecule has 1 fully saturated rings. The van der Waals surface area contributed by atoms with E-state index in [1.807, 2.05) is 25.7 Å². The Morgan fingerprint density at radius 3 is 2.50 bits per heavy atom. The zero-order valence-corrected chi connectivity index (χ0v) is 9.49. The SMILES string of the molecule is CO[C@@H]1CCN(C(O)OC(C)(C)C)C1. The first kappa shape index (κ1) is 11.9. The normalized spacial score (nSPS) is 26.8. The van der Waals surface area contributed by atoms with E-state index in [0.29, 0.717) is 0 Å². The highest BCUT2D eigenvalue weighted by Crippen LogP contribution is 2.18. The summed E-state index contributed by atoms with van der Waals surface area (Å²) in [5, 5.41) is 9.75. The average Bonchev–Trinajstić information content (AvgIpc) is 2.48. The van der Waals surface area contributed by atoms with E-state index in [4.69, 9.17) is 9.47 Å². The van der Waals surface area contributed by atoms with Gasteiger partial charge in [-0.2, -0.15) is 0 Å². The van der Waals surface area contributed by atoms with Crippen LogP contribution in [0.15, 0.2) is 0 Å². The number of aliphatic hydroxyl groups excluding tert-OH is 1. The summed E-state index contributed by atoms with van der Waals surface area (Å²) in [5.41, 5.74) is -0.315. The summed E-state index contributed by atoms with van der Waals surface area (Å²) in [6, 6.07) is 0. The number of nitrogens with zero attached hydrogens (tertiary/aromatic N) is 1. The third kappa shape index (κ3) is 3.53. The van der Waals surface area contributed by atoms with E-state index in [9.17, 15) is 5.11 Å². The molecule has 0 bridgehead atoms. The van der Waals surface area contributed by atoms with Crippen molar-refractivity contribution >= 4 is 0 Å². The lowest BCUT2D eigenvalue weighted by Gasteiger charge is -2.29. The van der Waals surface area contributed by atoms with E-state index in [1.165, 1.54) is 0 Å². The number of rotatable bonds is 3. The maximum Gasteiger partial charge on any atom is 0.216 e. The van der Waals surface area contributed by atoms with Gasteiger partial charge in [0, 0.05) is 20.2 Å². The van der Waals surface area contributed by atoms with Crippen LogP contribution in [0.25, 0.3) is 0 Å². The molecule has 1 unspecified atom stereocenters. The minimum atomic E-state index is -0.810. The standard InChI is InChI=1S/C10H21NO3/c1-10(2,3)14-9(12)11-6-5-8(7-11)13-4/h8-9,12H,5-7H2,1-4H3/t8-,9?/m1/s1. The summed E-state index contributed by atoms with van der Waals surface area (Å²) in [7, 11) is 1.70. The number of hydrogen-bond acceptors (Lipinski definition) is 4. The van der Waals surface area contributed by atoms with Crippen molar-refractivity contribution in [2.24, 2.45) is 0 Å². The zero-order valence-electron chi connectivity index (χ0n) is 9.49. The van der Waals surface area contributed by atoms with Crippen LogP contribution in [-0.4, -0.2) is 48.3 Å². The van der Waals surface area contributed by atoms with Gasteiger partial charge in [-0.1, -0.05) is 0 Å². The number of ether oxygens (including phenoxy) is 2. The van der Waals surface area contributed by atoms with Crippen molar-refractivity contribution in [2.75, 3.05) is 20.2 Å². The van der Waals surface area contributed by atoms with E-state index >= 15 is 0 Å². The van der Waals surface area contributed by atoms with E-state index in [1.54, 1.807) is 7.11 Å². The predicted molar refractivity (Wildman–Crippen MR) is 53.8 cm³/mol. The van der Waals surface area contributed by atoms with Crippen molar-refractivity contribution in [3.05, 3.63) is 0 Å². The molecule has 2 atom stereocenters. The molecule has 0 saturated carbocycles. The Labute approximate surface area is 85.8 Å². The molecule has 0 aromatic heterocycles. The van der Waals surface area contributed by atoms with Crippen molar-refractivity contribution in [1.82, 2.24) is 4.90 Å². The molecule has 0 aromatic rings. The van der Waals surface area contributed by atoms with Crippen LogP contribution in [-0.2, 0) is 9.47 Å². The minimum absolute atomic E-state index is 0.230. The third-order valence-corrected chi connectivity index (χ3v) is 2.28. The molecule has 1 N–H and O–H groups in total. The van der Waals surface area contributed by atoms with Crippen LogP contribution in [0.5, 0.6) is 0 Å². The fourth-order valence-electron chi connectivity index (χ4n) is 1.54. The predicted octanol–water partition coefficient (Wildman–Crippen LogP) is 0.798. The van der Waals surface area contributed by atoms with Crippen LogP contribution in [0, 0.1) is 0 Å². The van der Waals surface area contributed by atoms with E-state index in [2.05, 4.69) is 0 Å². The molecular weight excluding hydrogens is 182 g/mol. The van der Waals surface area contributed by atoms with Crippen LogP contribution >= 0.6 is 0 Å². The largest absolute Gasteiger partial charge is 0.380 e. The number of likely N-dealkylation sites (tertiary alicyclic amines) is 1. The molecule has 0 spiro atoms. The number of aliphatic hydroxyl groups is 1. The molecule has 1 aliphatic heterocycles. The number of hydrogen-bond donors (Lipinski definition) is 1. The van der Waals surface area contributed by atoms with Crippen molar-refractivity contribution in [3.8, 4) is 0 Å². The molecule has 84 valence electrons. The fraction of sp³-hybridized carbons (Fsp3) is 1.00.